The highest BCUT2D eigenvalue weighted by atomic mass is 35.5. The summed E-state index contributed by atoms with van der Waals surface area (Å²) in [5.74, 6) is 0.0414. The summed E-state index contributed by atoms with van der Waals surface area (Å²) in [4.78, 5) is 8.39. The van der Waals surface area contributed by atoms with E-state index in [9.17, 15) is 4.39 Å². The van der Waals surface area contributed by atoms with E-state index in [0.717, 1.165) is 18.4 Å². The summed E-state index contributed by atoms with van der Waals surface area (Å²) in [6, 6.07) is 4.81. The molecule has 0 N–H and O–H groups in total. The zero-order valence-electron chi connectivity index (χ0n) is 10.7. The van der Waals surface area contributed by atoms with Gasteiger partial charge in [-0.15, -0.1) is 0 Å². The summed E-state index contributed by atoms with van der Waals surface area (Å²) in [6.45, 7) is 3.72. The van der Waals surface area contributed by atoms with Gasteiger partial charge in [0.15, 0.2) is 5.82 Å². The van der Waals surface area contributed by atoms with Crippen molar-refractivity contribution < 1.29 is 4.39 Å². The van der Waals surface area contributed by atoms with Crippen LogP contribution < -0.4 is 0 Å². The number of aryl methyl sites for hydroxylation is 1. The highest BCUT2D eigenvalue weighted by Gasteiger charge is 2.13. The first kappa shape index (κ1) is 14.2. The third kappa shape index (κ3) is 3.04. The number of halogens is 3. The Morgan fingerprint density at radius 2 is 1.79 bits per heavy atom. The van der Waals surface area contributed by atoms with Gasteiger partial charge in [0.1, 0.15) is 16.1 Å². The third-order valence-electron chi connectivity index (χ3n) is 2.84. The van der Waals surface area contributed by atoms with Crippen LogP contribution in [0.2, 0.25) is 10.3 Å². The van der Waals surface area contributed by atoms with E-state index in [1.807, 2.05) is 6.92 Å². The van der Waals surface area contributed by atoms with Crippen molar-refractivity contribution in [2.24, 2.45) is 0 Å². The fourth-order valence-electron chi connectivity index (χ4n) is 1.75. The van der Waals surface area contributed by atoms with Gasteiger partial charge in [-0.2, -0.15) is 0 Å². The van der Waals surface area contributed by atoms with Gasteiger partial charge in [-0.3, -0.25) is 0 Å². The molecule has 2 rings (SSSR count). The van der Waals surface area contributed by atoms with Gasteiger partial charge >= 0.3 is 0 Å². The zero-order chi connectivity index (χ0) is 14.0. The maximum Gasteiger partial charge on any atom is 0.162 e. The van der Waals surface area contributed by atoms with E-state index in [0.29, 0.717) is 27.3 Å². The monoisotopic (exact) mass is 298 g/mol. The van der Waals surface area contributed by atoms with Crippen molar-refractivity contribution in [3.05, 3.63) is 45.4 Å². The molecule has 19 heavy (non-hydrogen) atoms. The highest BCUT2D eigenvalue weighted by Crippen LogP contribution is 2.27. The minimum absolute atomic E-state index is 0.300. The molecule has 1 aromatic carbocycles. The Hall–Kier alpha value is -1.19. The predicted molar refractivity (Wildman–Crippen MR) is 76.2 cm³/mol. The minimum atomic E-state index is -0.300. The first-order valence-electron chi connectivity index (χ1n) is 6.01. The molecule has 2 nitrogen and oxygen atoms in total. The topological polar surface area (TPSA) is 25.8 Å². The summed E-state index contributed by atoms with van der Waals surface area (Å²) in [5, 5.41) is 0.663. The lowest BCUT2D eigenvalue weighted by atomic mass is 10.1. The number of hydrogen-bond donors (Lipinski definition) is 0. The lowest BCUT2D eigenvalue weighted by Crippen LogP contribution is -1.98. The summed E-state index contributed by atoms with van der Waals surface area (Å²) >= 11 is 12.2. The predicted octanol–water partition coefficient (Wildman–Crippen LogP) is 4.85. The van der Waals surface area contributed by atoms with Crippen molar-refractivity contribution in [3.8, 4) is 11.4 Å². The van der Waals surface area contributed by atoms with Crippen LogP contribution in [0.25, 0.3) is 11.4 Å². The van der Waals surface area contributed by atoms with E-state index < -0.39 is 0 Å². The standard InChI is InChI=1S/C14H13Cl2FN2/c1-3-4-10-12(15)18-14(19-13(10)16)9-6-5-8(2)11(17)7-9/h5-7H,3-4H2,1-2H3. The second kappa shape index (κ2) is 5.85. The van der Waals surface area contributed by atoms with Gasteiger partial charge in [-0.1, -0.05) is 48.7 Å². The number of benzene rings is 1. The average molecular weight is 299 g/mol. The van der Waals surface area contributed by atoms with Crippen LogP contribution in [0.4, 0.5) is 4.39 Å². The van der Waals surface area contributed by atoms with E-state index in [1.54, 1.807) is 19.1 Å². The SMILES string of the molecule is CCCc1c(Cl)nc(-c2ccc(C)c(F)c2)nc1Cl. The lowest BCUT2D eigenvalue weighted by Gasteiger charge is -2.08. The van der Waals surface area contributed by atoms with Crippen LogP contribution >= 0.6 is 23.2 Å². The van der Waals surface area contributed by atoms with Gasteiger partial charge in [-0.25, -0.2) is 14.4 Å². The van der Waals surface area contributed by atoms with Crippen molar-refractivity contribution in [2.75, 3.05) is 0 Å². The van der Waals surface area contributed by atoms with Crippen molar-refractivity contribution in [1.82, 2.24) is 9.97 Å². The van der Waals surface area contributed by atoms with Crippen molar-refractivity contribution in [3.63, 3.8) is 0 Å². The van der Waals surface area contributed by atoms with Crippen LogP contribution in [0, 0.1) is 12.7 Å². The van der Waals surface area contributed by atoms with Gasteiger partial charge in [0.05, 0.1) is 0 Å². The summed E-state index contributed by atoms with van der Waals surface area (Å²) in [7, 11) is 0. The van der Waals surface area contributed by atoms with Crippen molar-refractivity contribution in [2.45, 2.75) is 26.7 Å². The lowest BCUT2D eigenvalue weighted by molar-refractivity contribution is 0.619. The van der Waals surface area contributed by atoms with Gasteiger partial charge in [0.25, 0.3) is 0 Å². The maximum atomic E-state index is 13.5. The smallest absolute Gasteiger partial charge is 0.162 e. The number of aromatic nitrogens is 2. The van der Waals surface area contributed by atoms with Crippen molar-refractivity contribution >= 4 is 23.2 Å². The molecule has 0 spiro atoms. The molecule has 0 bridgehead atoms. The Morgan fingerprint density at radius 1 is 1.16 bits per heavy atom. The Bertz CT molecular complexity index is 591. The largest absolute Gasteiger partial charge is 0.216 e. The Morgan fingerprint density at radius 3 is 2.32 bits per heavy atom. The van der Waals surface area contributed by atoms with Gasteiger partial charge in [0.2, 0.25) is 0 Å². The average Bonchev–Trinajstić information content (AvgIpc) is 2.37. The Balaban J connectivity index is 2.48. The molecule has 100 valence electrons. The minimum Gasteiger partial charge on any atom is -0.216 e. The Kier molecular flexibility index (Phi) is 4.38. The maximum absolute atomic E-state index is 13.5. The number of nitrogens with zero attached hydrogens (tertiary/aromatic N) is 2. The van der Waals surface area contributed by atoms with E-state index in [-0.39, 0.29) is 5.82 Å². The summed E-state index contributed by atoms with van der Waals surface area (Å²) in [5.41, 5.74) is 1.88. The van der Waals surface area contributed by atoms with Crippen LogP contribution in [-0.2, 0) is 6.42 Å². The molecule has 2 aromatic rings. The summed E-state index contributed by atoms with van der Waals surface area (Å²) < 4.78 is 13.5. The second-order valence-electron chi connectivity index (χ2n) is 4.32. The molecule has 0 radical (unpaired) electrons. The third-order valence-corrected chi connectivity index (χ3v) is 3.46. The van der Waals surface area contributed by atoms with Crippen LogP contribution in [0.3, 0.4) is 0 Å². The van der Waals surface area contributed by atoms with Gasteiger partial charge < -0.3 is 0 Å². The molecule has 0 fully saturated rings. The molecular weight excluding hydrogens is 286 g/mol. The fourth-order valence-corrected chi connectivity index (χ4v) is 2.32. The molecule has 0 atom stereocenters. The molecule has 0 amide bonds. The number of rotatable bonds is 3. The van der Waals surface area contributed by atoms with Crippen LogP contribution in [0.1, 0.15) is 24.5 Å². The molecule has 0 aliphatic carbocycles. The molecule has 0 saturated carbocycles. The quantitative estimate of drug-likeness (QED) is 0.757. The van der Waals surface area contributed by atoms with Gasteiger partial charge in [0, 0.05) is 11.1 Å². The molecule has 0 aliphatic heterocycles. The molecular formula is C14H13Cl2FN2. The van der Waals surface area contributed by atoms with E-state index in [1.165, 1.54) is 6.07 Å². The second-order valence-corrected chi connectivity index (χ2v) is 5.04. The fraction of sp³-hybridized carbons (Fsp3) is 0.286. The molecule has 0 saturated heterocycles. The first-order chi connectivity index (χ1) is 9.02. The summed E-state index contributed by atoms with van der Waals surface area (Å²) in [6.07, 6.45) is 1.63. The van der Waals surface area contributed by atoms with Crippen molar-refractivity contribution in [1.29, 1.82) is 0 Å². The van der Waals surface area contributed by atoms with E-state index >= 15 is 0 Å². The number of hydrogen-bond acceptors (Lipinski definition) is 2. The van der Waals surface area contributed by atoms with Gasteiger partial charge in [-0.05, 0) is 25.0 Å². The first-order valence-corrected chi connectivity index (χ1v) is 6.77. The molecule has 0 unspecified atom stereocenters. The van der Waals surface area contributed by atoms with Crippen LogP contribution in [0.5, 0.6) is 0 Å². The molecule has 1 heterocycles. The highest BCUT2D eigenvalue weighted by molar-refractivity contribution is 6.34. The van der Waals surface area contributed by atoms with E-state index in [2.05, 4.69) is 9.97 Å². The molecule has 1 aromatic heterocycles. The Labute approximate surface area is 121 Å². The zero-order valence-corrected chi connectivity index (χ0v) is 12.2. The van der Waals surface area contributed by atoms with Crippen LogP contribution in [-0.4, -0.2) is 9.97 Å². The molecule has 5 heteroatoms. The van der Waals surface area contributed by atoms with E-state index in [4.69, 9.17) is 23.2 Å². The normalized spacial score (nSPS) is 10.8. The molecule has 0 aliphatic rings. The van der Waals surface area contributed by atoms with Crippen LogP contribution in [0.15, 0.2) is 18.2 Å².